The van der Waals surface area contributed by atoms with Crippen molar-refractivity contribution in [3.05, 3.63) is 84.4 Å². The zero-order chi connectivity index (χ0) is 15.8. The molecule has 0 fully saturated rings. The smallest absolute Gasteiger partial charge is 0.0105 e. The van der Waals surface area contributed by atoms with Gasteiger partial charge >= 0.3 is 0 Å². The first-order valence-electron chi connectivity index (χ1n) is 8.24. The second-order valence-corrected chi connectivity index (χ2v) is 6.50. The lowest BCUT2D eigenvalue weighted by atomic mass is 9.95. The molecule has 0 saturated heterocycles. The molecule has 0 nitrogen and oxygen atoms in total. The van der Waals surface area contributed by atoms with Crippen molar-refractivity contribution in [3.63, 3.8) is 0 Å². The lowest BCUT2D eigenvalue weighted by Gasteiger charge is -2.09. The summed E-state index contributed by atoms with van der Waals surface area (Å²) in [5.74, 6) is 0.576. The molecule has 4 aromatic rings. The third-order valence-corrected chi connectivity index (χ3v) is 4.66. The molecule has 0 saturated carbocycles. The average molecular weight is 296 g/mol. The van der Waals surface area contributed by atoms with E-state index in [0.717, 1.165) is 0 Å². The number of hydrogen-bond acceptors (Lipinski definition) is 0. The van der Waals surface area contributed by atoms with Gasteiger partial charge in [0, 0.05) is 0 Å². The van der Waals surface area contributed by atoms with E-state index in [1.807, 2.05) is 0 Å². The molecule has 0 N–H and O–H groups in total. The van der Waals surface area contributed by atoms with Gasteiger partial charge in [-0.3, -0.25) is 0 Å². The number of rotatable bonds is 2. The van der Waals surface area contributed by atoms with E-state index in [-0.39, 0.29) is 0 Å². The van der Waals surface area contributed by atoms with Crippen LogP contribution in [0.3, 0.4) is 0 Å². The van der Waals surface area contributed by atoms with E-state index in [1.165, 1.54) is 38.2 Å². The topological polar surface area (TPSA) is 0 Å². The van der Waals surface area contributed by atoms with Crippen LogP contribution in [-0.4, -0.2) is 0 Å². The van der Waals surface area contributed by atoms with Crippen molar-refractivity contribution in [2.75, 3.05) is 0 Å². The summed E-state index contributed by atoms with van der Waals surface area (Å²) >= 11 is 0. The van der Waals surface area contributed by atoms with Crippen LogP contribution in [0.1, 0.15) is 25.3 Å². The van der Waals surface area contributed by atoms with Crippen LogP contribution in [0.15, 0.2) is 78.9 Å². The van der Waals surface area contributed by atoms with E-state index >= 15 is 0 Å². The van der Waals surface area contributed by atoms with Gasteiger partial charge in [-0.2, -0.15) is 0 Å². The Hall–Kier alpha value is -2.60. The summed E-state index contributed by atoms with van der Waals surface area (Å²) < 4.78 is 0. The SMILES string of the molecule is CC(C)c1ccc(-c2ccc3c(ccc4ccccc43)c2)cc1. The second-order valence-electron chi connectivity index (χ2n) is 6.50. The van der Waals surface area contributed by atoms with Gasteiger partial charge in [-0.25, -0.2) is 0 Å². The maximum atomic E-state index is 2.30. The maximum absolute atomic E-state index is 2.30. The fourth-order valence-corrected chi connectivity index (χ4v) is 3.25. The fraction of sp³-hybridized carbons (Fsp3) is 0.130. The highest BCUT2D eigenvalue weighted by Gasteiger charge is 2.04. The molecule has 0 aliphatic carbocycles. The van der Waals surface area contributed by atoms with E-state index in [1.54, 1.807) is 0 Å². The summed E-state index contributed by atoms with van der Waals surface area (Å²) in [4.78, 5) is 0. The first-order valence-corrected chi connectivity index (χ1v) is 8.24. The predicted octanol–water partition coefficient (Wildman–Crippen LogP) is 6.78. The molecule has 4 aromatic carbocycles. The van der Waals surface area contributed by atoms with Crippen LogP contribution in [-0.2, 0) is 0 Å². The lowest BCUT2D eigenvalue weighted by molar-refractivity contribution is 0.867. The van der Waals surface area contributed by atoms with Gasteiger partial charge in [0.2, 0.25) is 0 Å². The normalized spacial score (nSPS) is 11.4. The number of hydrogen-bond donors (Lipinski definition) is 0. The molecule has 0 radical (unpaired) electrons. The van der Waals surface area contributed by atoms with Crippen molar-refractivity contribution in [1.29, 1.82) is 0 Å². The third-order valence-electron chi connectivity index (χ3n) is 4.66. The molecule has 0 aliphatic heterocycles. The molecule has 23 heavy (non-hydrogen) atoms. The molecule has 0 aliphatic rings. The van der Waals surface area contributed by atoms with Crippen LogP contribution >= 0.6 is 0 Å². The third kappa shape index (κ3) is 2.51. The zero-order valence-corrected chi connectivity index (χ0v) is 13.6. The monoisotopic (exact) mass is 296 g/mol. The summed E-state index contributed by atoms with van der Waals surface area (Å²) in [5, 5.41) is 5.25. The molecule has 0 heteroatoms. The molecule has 0 atom stereocenters. The molecule has 0 unspecified atom stereocenters. The van der Waals surface area contributed by atoms with E-state index in [0.29, 0.717) is 5.92 Å². The Balaban J connectivity index is 1.84. The molecule has 0 spiro atoms. The van der Waals surface area contributed by atoms with Gasteiger partial charge in [-0.1, -0.05) is 86.6 Å². The van der Waals surface area contributed by atoms with Crippen molar-refractivity contribution in [2.24, 2.45) is 0 Å². The van der Waals surface area contributed by atoms with Gasteiger partial charge in [0.1, 0.15) is 0 Å². The Bertz CT molecular complexity index is 976. The van der Waals surface area contributed by atoms with Crippen molar-refractivity contribution >= 4 is 21.5 Å². The minimum atomic E-state index is 0.576. The lowest BCUT2D eigenvalue weighted by Crippen LogP contribution is -1.87. The molecular formula is C23H20. The molecule has 4 rings (SSSR count). The Morgan fingerprint density at radius 3 is 2.00 bits per heavy atom. The highest BCUT2D eigenvalue weighted by Crippen LogP contribution is 2.30. The van der Waals surface area contributed by atoms with Gasteiger partial charge in [0.15, 0.2) is 0 Å². The van der Waals surface area contributed by atoms with E-state index in [2.05, 4.69) is 92.7 Å². The Kier molecular flexibility index (Phi) is 3.38. The van der Waals surface area contributed by atoms with Crippen molar-refractivity contribution in [1.82, 2.24) is 0 Å². The van der Waals surface area contributed by atoms with Crippen molar-refractivity contribution in [3.8, 4) is 11.1 Å². The highest BCUT2D eigenvalue weighted by molar-refractivity contribution is 6.08. The first-order chi connectivity index (χ1) is 11.2. The first kappa shape index (κ1) is 14.0. The van der Waals surface area contributed by atoms with Gasteiger partial charge in [-0.05, 0) is 50.2 Å². The number of benzene rings is 4. The van der Waals surface area contributed by atoms with Gasteiger partial charge < -0.3 is 0 Å². The van der Waals surface area contributed by atoms with Gasteiger partial charge in [0.05, 0.1) is 0 Å². The largest absolute Gasteiger partial charge is 0.0616 e. The fourth-order valence-electron chi connectivity index (χ4n) is 3.25. The summed E-state index contributed by atoms with van der Waals surface area (Å²) in [5.41, 5.74) is 3.95. The maximum Gasteiger partial charge on any atom is -0.0105 e. The standard InChI is InChI=1S/C23H20/c1-16(2)17-7-9-18(10-8-17)20-13-14-23-21(15-20)12-11-19-5-3-4-6-22(19)23/h3-16H,1-2H3. The van der Waals surface area contributed by atoms with Crippen molar-refractivity contribution < 1.29 is 0 Å². The van der Waals surface area contributed by atoms with Crippen molar-refractivity contribution in [2.45, 2.75) is 19.8 Å². The molecular weight excluding hydrogens is 276 g/mol. The van der Waals surface area contributed by atoms with E-state index in [9.17, 15) is 0 Å². The Labute approximate surface area is 137 Å². The summed E-state index contributed by atoms with van der Waals surface area (Å²) in [7, 11) is 0. The Morgan fingerprint density at radius 1 is 0.565 bits per heavy atom. The van der Waals surface area contributed by atoms with E-state index < -0.39 is 0 Å². The summed E-state index contributed by atoms with van der Waals surface area (Å²) in [6.07, 6.45) is 0. The zero-order valence-electron chi connectivity index (χ0n) is 13.6. The van der Waals surface area contributed by atoms with Gasteiger partial charge in [0.25, 0.3) is 0 Å². The highest BCUT2D eigenvalue weighted by atomic mass is 14.1. The van der Waals surface area contributed by atoms with Crippen LogP contribution in [0.2, 0.25) is 0 Å². The molecule has 0 heterocycles. The van der Waals surface area contributed by atoms with Crippen LogP contribution in [0.25, 0.3) is 32.7 Å². The molecule has 0 amide bonds. The van der Waals surface area contributed by atoms with Crippen LogP contribution in [0.4, 0.5) is 0 Å². The van der Waals surface area contributed by atoms with Crippen LogP contribution < -0.4 is 0 Å². The van der Waals surface area contributed by atoms with Gasteiger partial charge in [-0.15, -0.1) is 0 Å². The minimum Gasteiger partial charge on any atom is -0.0616 e. The average Bonchev–Trinajstić information content (AvgIpc) is 2.61. The van der Waals surface area contributed by atoms with E-state index in [4.69, 9.17) is 0 Å². The quantitative estimate of drug-likeness (QED) is 0.357. The second kappa shape index (κ2) is 5.55. The molecule has 0 aromatic heterocycles. The molecule has 0 bridgehead atoms. The predicted molar refractivity (Wildman–Crippen MR) is 101 cm³/mol. The van der Waals surface area contributed by atoms with Crippen LogP contribution in [0, 0.1) is 0 Å². The summed E-state index contributed by atoms with van der Waals surface area (Å²) in [6, 6.07) is 28.8. The summed E-state index contributed by atoms with van der Waals surface area (Å²) in [6.45, 7) is 4.46. The minimum absolute atomic E-state index is 0.576. The van der Waals surface area contributed by atoms with Crippen LogP contribution in [0.5, 0.6) is 0 Å². The molecule has 112 valence electrons. The Morgan fingerprint density at radius 2 is 1.22 bits per heavy atom. The number of fused-ring (bicyclic) bond motifs is 3.